The summed E-state index contributed by atoms with van der Waals surface area (Å²) >= 11 is -4.19. The molecule has 1 nitrogen and oxygen atoms in total. The molecule has 0 heterocycles. The van der Waals surface area contributed by atoms with E-state index in [9.17, 15) is 0 Å². The van der Waals surface area contributed by atoms with Crippen molar-refractivity contribution < 1.29 is 35.9 Å². The van der Waals surface area contributed by atoms with Crippen molar-refractivity contribution in [1.29, 1.82) is 0 Å². The summed E-state index contributed by atoms with van der Waals surface area (Å²) in [7, 11) is 0. The van der Waals surface area contributed by atoms with Crippen molar-refractivity contribution in [3.8, 4) is 0 Å². The maximum absolute atomic E-state index is 7.57. The Labute approximate surface area is 156 Å². The molecule has 0 aromatic carbocycles. The summed E-state index contributed by atoms with van der Waals surface area (Å²) in [5.41, 5.74) is 0. The predicted octanol–water partition coefficient (Wildman–Crippen LogP) is 8.89. The molecule has 0 N–H and O–H groups in total. The van der Waals surface area contributed by atoms with Gasteiger partial charge in [-0.25, -0.2) is 0 Å². The molecule has 23 heavy (non-hydrogen) atoms. The monoisotopic (exact) mass is 398 g/mol. The van der Waals surface area contributed by atoms with E-state index in [1.54, 1.807) is 0 Å². The van der Waals surface area contributed by atoms with Crippen LogP contribution >= 0.6 is 0 Å². The molecule has 0 radical (unpaired) electrons. The minimum atomic E-state index is -2.10. The fourth-order valence-electron chi connectivity index (χ4n) is 4.34. The first kappa shape index (κ1) is 24.4. The molecule has 3 heteroatoms. The van der Waals surface area contributed by atoms with Crippen LogP contribution in [0.5, 0.6) is 0 Å². The van der Waals surface area contributed by atoms with Crippen molar-refractivity contribution in [3.63, 3.8) is 0 Å². The van der Waals surface area contributed by atoms with Crippen LogP contribution in [0.3, 0.4) is 0 Å². The Morgan fingerprint density at radius 2 is 0.739 bits per heavy atom. The van der Waals surface area contributed by atoms with Crippen molar-refractivity contribution in [2.45, 2.75) is 121 Å². The zero-order valence-electron chi connectivity index (χ0n) is 17.3. The molecular weight excluding hydrogens is 352 g/mol. The van der Waals surface area contributed by atoms with E-state index in [2.05, 4.69) is 41.5 Å². The second kappa shape index (κ2) is 14.5. The van der Waals surface area contributed by atoms with Gasteiger partial charge in [-0.05, 0) is 0 Å². The maximum atomic E-state index is 7.57. The van der Waals surface area contributed by atoms with Crippen molar-refractivity contribution >= 4 is 0 Å². The van der Waals surface area contributed by atoms with Crippen LogP contribution in [0, 0.1) is 0 Å². The summed E-state index contributed by atoms with van der Waals surface area (Å²) in [6.07, 6.45) is 11.0. The number of hydrogen-bond acceptors (Lipinski definition) is 1. The first-order chi connectivity index (χ1) is 11.1. The SMILES string of the molecule is CCC[CH2][Ti]([CH2]CC)([CH2]CCC)[O][Ti]([CH2]CC)([CH2]CC)[CH2]CC. The third-order valence-electron chi connectivity index (χ3n) is 5.23. The second-order valence-corrected chi connectivity index (χ2v) is 21.4. The van der Waals surface area contributed by atoms with E-state index in [0.717, 1.165) is 0 Å². The number of rotatable bonds is 16. The van der Waals surface area contributed by atoms with Gasteiger partial charge in [0.05, 0.1) is 0 Å². The molecule has 0 bridgehead atoms. The molecule has 0 aromatic heterocycles. The van der Waals surface area contributed by atoms with Crippen molar-refractivity contribution in [1.82, 2.24) is 0 Å². The van der Waals surface area contributed by atoms with Crippen LogP contribution < -0.4 is 0 Å². The Morgan fingerprint density at radius 1 is 0.435 bits per heavy atom. The van der Waals surface area contributed by atoms with E-state index in [1.807, 2.05) is 0 Å². The standard InChI is InChI=1S/2C4H9.4C3H7.O.2Ti/c2*1-3-4-2;4*1-3-2;;;/h2*1,3-4H2,2H3;4*1,3H2,2H3;;;. The van der Waals surface area contributed by atoms with E-state index in [-0.39, 0.29) is 0 Å². The van der Waals surface area contributed by atoms with E-state index in [0.29, 0.717) is 0 Å². The molecule has 0 unspecified atom stereocenters. The Hall–Kier alpha value is 1.39. The molecule has 0 saturated heterocycles. The molecule has 140 valence electrons. The third kappa shape index (κ3) is 9.60. The van der Waals surface area contributed by atoms with E-state index >= 15 is 0 Å². The Bertz CT molecular complexity index is 243. The van der Waals surface area contributed by atoms with Gasteiger partial charge in [0.25, 0.3) is 0 Å². The van der Waals surface area contributed by atoms with Gasteiger partial charge in [0.15, 0.2) is 0 Å². The Morgan fingerprint density at radius 3 is 1.00 bits per heavy atom. The zero-order valence-corrected chi connectivity index (χ0v) is 20.4. The van der Waals surface area contributed by atoms with Gasteiger partial charge < -0.3 is 0 Å². The fourth-order valence-corrected chi connectivity index (χ4v) is 27.7. The Kier molecular flexibility index (Phi) is 15.4. The van der Waals surface area contributed by atoms with Crippen molar-refractivity contribution in [2.24, 2.45) is 0 Å². The predicted molar refractivity (Wildman–Crippen MR) is 101 cm³/mol. The summed E-state index contributed by atoms with van der Waals surface area (Å²) in [5.74, 6) is 0. The normalized spacial score (nSPS) is 12.8. The summed E-state index contributed by atoms with van der Waals surface area (Å²) in [6, 6.07) is 0. The van der Waals surface area contributed by atoms with Gasteiger partial charge in [-0.2, -0.15) is 0 Å². The van der Waals surface area contributed by atoms with Crippen LogP contribution in [-0.2, 0) is 35.9 Å². The van der Waals surface area contributed by atoms with Crippen LogP contribution in [0.2, 0.25) is 28.4 Å². The van der Waals surface area contributed by atoms with Gasteiger partial charge >= 0.3 is 157 Å². The first-order valence-electron chi connectivity index (χ1n) is 10.8. The molecule has 0 rings (SSSR count). The summed E-state index contributed by atoms with van der Waals surface area (Å²) in [6.45, 7) is 14.3. The fraction of sp³-hybridized carbons (Fsp3) is 1.00. The zero-order chi connectivity index (χ0) is 17.6. The van der Waals surface area contributed by atoms with Crippen LogP contribution in [0.4, 0.5) is 0 Å². The van der Waals surface area contributed by atoms with Gasteiger partial charge in [-0.3, -0.25) is 0 Å². The molecule has 0 atom stereocenters. The van der Waals surface area contributed by atoms with Crippen LogP contribution in [0.25, 0.3) is 0 Å². The average molecular weight is 398 g/mol. The molecular formula is C20H46OTi2. The van der Waals surface area contributed by atoms with Gasteiger partial charge in [-0.15, -0.1) is 0 Å². The molecule has 0 aliphatic carbocycles. The molecule has 0 aliphatic rings. The summed E-state index contributed by atoms with van der Waals surface area (Å²) in [5, 5.41) is 0. The van der Waals surface area contributed by atoms with Gasteiger partial charge in [-0.1, -0.05) is 0 Å². The molecule has 0 spiro atoms. The summed E-state index contributed by atoms with van der Waals surface area (Å²) in [4.78, 5) is 0. The number of hydrogen-bond donors (Lipinski definition) is 0. The minimum absolute atomic E-state index is 1.35. The van der Waals surface area contributed by atoms with Gasteiger partial charge in [0.1, 0.15) is 0 Å². The van der Waals surface area contributed by atoms with Crippen LogP contribution in [-0.4, -0.2) is 0 Å². The first-order valence-corrected chi connectivity index (χ1v) is 18.7. The van der Waals surface area contributed by atoms with Crippen LogP contribution in [0.1, 0.15) is 92.9 Å². The van der Waals surface area contributed by atoms with Gasteiger partial charge in [0.2, 0.25) is 0 Å². The second-order valence-electron chi connectivity index (χ2n) is 7.68. The van der Waals surface area contributed by atoms with E-state index in [4.69, 9.17) is 1.90 Å². The van der Waals surface area contributed by atoms with E-state index in [1.165, 1.54) is 79.7 Å². The molecule has 0 amide bonds. The Balaban J connectivity index is 5.40. The molecule has 0 aromatic rings. The molecule has 0 aliphatic heterocycles. The molecule has 0 fully saturated rings. The van der Waals surface area contributed by atoms with Crippen molar-refractivity contribution in [2.75, 3.05) is 0 Å². The number of unbranched alkanes of at least 4 members (excludes halogenated alkanes) is 2. The van der Waals surface area contributed by atoms with Crippen molar-refractivity contribution in [3.05, 3.63) is 0 Å². The quantitative estimate of drug-likeness (QED) is 0.236. The summed E-state index contributed by atoms with van der Waals surface area (Å²) < 4.78 is 16.4. The van der Waals surface area contributed by atoms with Crippen LogP contribution in [0.15, 0.2) is 0 Å². The third-order valence-corrected chi connectivity index (χ3v) is 24.9. The topological polar surface area (TPSA) is 9.23 Å². The van der Waals surface area contributed by atoms with Gasteiger partial charge in [0, 0.05) is 0 Å². The molecule has 0 saturated carbocycles. The van der Waals surface area contributed by atoms with E-state index < -0.39 is 34.0 Å². The average Bonchev–Trinajstić information content (AvgIpc) is 2.52.